The predicted octanol–water partition coefficient (Wildman–Crippen LogP) is 3.49. The van der Waals surface area contributed by atoms with Crippen molar-refractivity contribution in [3.8, 4) is 0 Å². The molecule has 0 aliphatic rings. The van der Waals surface area contributed by atoms with Crippen molar-refractivity contribution in [1.82, 2.24) is 14.8 Å². The quantitative estimate of drug-likeness (QED) is 0.697. The molecule has 0 atom stereocenters. The minimum Gasteiger partial charge on any atom is -0.328 e. The minimum atomic E-state index is -0.228. The van der Waals surface area contributed by atoms with Gasteiger partial charge in [0.1, 0.15) is 6.54 Å². The first-order valence-corrected chi connectivity index (χ1v) is 10.5. The van der Waals surface area contributed by atoms with Crippen LogP contribution in [-0.4, -0.2) is 59.3 Å². The maximum absolute atomic E-state index is 13.0. The van der Waals surface area contributed by atoms with E-state index in [1.54, 1.807) is 4.90 Å². The topological polar surface area (TPSA) is 65.5 Å². The molecule has 0 radical (unpaired) electrons. The lowest BCUT2D eigenvalue weighted by molar-refractivity contribution is -0.116. The van der Waals surface area contributed by atoms with Crippen molar-refractivity contribution in [2.45, 2.75) is 34.6 Å². The van der Waals surface area contributed by atoms with Crippen molar-refractivity contribution >= 4 is 28.3 Å². The molecular weight excluding hydrogens is 372 g/mol. The van der Waals surface area contributed by atoms with Gasteiger partial charge in [0.2, 0.25) is 5.91 Å². The third-order valence-corrected chi connectivity index (χ3v) is 5.76. The number of carbonyl (C=O) groups excluding carboxylic acids is 2. The molecule has 1 heterocycles. The van der Waals surface area contributed by atoms with Crippen LogP contribution in [0.25, 0.3) is 0 Å². The maximum Gasteiger partial charge on any atom is 0.254 e. The number of rotatable bonds is 9. The Bertz CT molecular complexity index is 778. The summed E-state index contributed by atoms with van der Waals surface area (Å²) in [6.45, 7) is 13.1. The second kappa shape index (κ2) is 10.3. The van der Waals surface area contributed by atoms with Crippen LogP contribution in [0.2, 0.25) is 0 Å². The Balaban J connectivity index is 2.10. The van der Waals surface area contributed by atoms with E-state index in [0.29, 0.717) is 17.2 Å². The van der Waals surface area contributed by atoms with Crippen molar-refractivity contribution in [3.63, 3.8) is 0 Å². The molecule has 2 amide bonds. The Labute approximate surface area is 171 Å². The molecular formula is C21H30N4O2S. The van der Waals surface area contributed by atoms with Crippen LogP contribution in [0.4, 0.5) is 5.13 Å². The maximum atomic E-state index is 13.0. The van der Waals surface area contributed by atoms with E-state index in [1.165, 1.54) is 11.3 Å². The van der Waals surface area contributed by atoms with Crippen LogP contribution in [0.1, 0.15) is 40.3 Å². The lowest BCUT2D eigenvalue weighted by Crippen LogP contribution is -2.42. The predicted molar refractivity (Wildman–Crippen MR) is 115 cm³/mol. The Morgan fingerprint density at radius 2 is 1.68 bits per heavy atom. The molecule has 2 aromatic rings. The summed E-state index contributed by atoms with van der Waals surface area (Å²) < 4.78 is 0. The van der Waals surface area contributed by atoms with Gasteiger partial charge < -0.3 is 15.1 Å². The van der Waals surface area contributed by atoms with Crippen LogP contribution in [0.5, 0.6) is 0 Å². The number of likely N-dealkylation sites (N-methyl/N-ethyl adjacent to an activating group) is 1. The van der Waals surface area contributed by atoms with Crippen LogP contribution in [0.3, 0.4) is 0 Å². The summed E-state index contributed by atoms with van der Waals surface area (Å²) in [7, 11) is 0. The third-order valence-electron chi connectivity index (χ3n) is 4.78. The zero-order valence-electron chi connectivity index (χ0n) is 17.4. The summed E-state index contributed by atoms with van der Waals surface area (Å²) in [4.78, 5) is 34.8. The Kier molecular flexibility index (Phi) is 8.14. The van der Waals surface area contributed by atoms with Crippen LogP contribution in [-0.2, 0) is 4.79 Å². The fourth-order valence-corrected chi connectivity index (χ4v) is 3.62. The lowest BCUT2D eigenvalue weighted by atomic mass is 10.1. The van der Waals surface area contributed by atoms with Gasteiger partial charge in [0, 0.05) is 23.5 Å². The van der Waals surface area contributed by atoms with Gasteiger partial charge in [0.05, 0.1) is 5.69 Å². The van der Waals surface area contributed by atoms with E-state index < -0.39 is 0 Å². The van der Waals surface area contributed by atoms with E-state index in [0.717, 1.165) is 35.8 Å². The van der Waals surface area contributed by atoms with E-state index in [-0.39, 0.29) is 18.4 Å². The highest BCUT2D eigenvalue weighted by atomic mass is 32.1. The molecule has 6 nitrogen and oxygen atoms in total. The van der Waals surface area contributed by atoms with Crippen molar-refractivity contribution in [3.05, 3.63) is 46.0 Å². The lowest BCUT2D eigenvalue weighted by Gasteiger charge is -2.26. The SMILES string of the molecule is CCN(CC)CCN(CC(=O)Nc1nc(C)c(C)s1)C(=O)c1ccc(C)cc1. The number of nitrogens with zero attached hydrogens (tertiary/aromatic N) is 3. The number of aryl methyl sites for hydroxylation is 3. The second-order valence-electron chi connectivity index (χ2n) is 6.83. The van der Waals surface area contributed by atoms with Gasteiger partial charge in [-0.05, 0) is 46.0 Å². The molecule has 1 aromatic carbocycles. The first-order valence-electron chi connectivity index (χ1n) is 9.66. The van der Waals surface area contributed by atoms with E-state index in [2.05, 4.69) is 29.0 Å². The number of hydrogen-bond donors (Lipinski definition) is 1. The number of anilines is 1. The highest BCUT2D eigenvalue weighted by Gasteiger charge is 2.20. The molecule has 7 heteroatoms. The standard InChI is InChI=1S/C21H30N4O2S/c1-6-24(7-2)12-13-25(20(27)18-10-8-15(3)9-11-18)14-19(26)23-21-22-16(4)17(5)28-21/h8-11H,6-7,12-14H2,1-5H3,(H,22,23,26). The smallest absolute Gasteiger partial charge is 0.254 e. The first-order chi connectivity index (χ1) is 13.3. The average Bonchev–Trinajstić information content (AvgIpc) is 2.98. The van der Waals surface area contributed by atoms with Crippen molar-refractivity contribution in [2.75, 3.05) is 38.0 Å². The molecule has 1 aromatic heterocycles. The molecule has 152 valence electrons. The monoisotopic (exact) mass is 402 g/mol. The first kappa shape index (κ1) is 22.0. The Morgan fingerprint density at radius 3 is 2.21 bits per heavy atom. The third kappa shape index (κ3) is 6.14. The molecule has 0 saturated carbocycles. The summed E-state index contributed by atoms with van der Waals surface area (Å²) in [5, 5.41) is 3.40. The highest BCUT2D eigenvalue weighted by molar-refractivity contribution is 7.15. The highest BCUT2D eigenvalue weighted by Crippen LogP contribution is 2.21. The largest absolute Gasteiger partial charge is 0.328 e. The van der Waals surface area contributed by atoms with Gasteiger partial charge >= 0.3 is 0 Å². The molecule has 0 aliphatic carbocycles. The van der Waals surface area contributed by atoms with Crippen molar-refractivity contribution < 1.29 is 9.59 Å². The fourth-order valence-electron chi connectivity index (χ4n) is 2.79. The van der Waals surface area contributed by atoms with Crippen molar-refractivity contribution in [2.24, 2.45) is 0 Å². The summed E-state index contributed by atoms with van der Waals surface area (Å²) in [6.07, 6.45) is 0. The number of benzene rings is 1. The number of thiazole rings is 1. The number of hydrogen-bond acceptors (Lipinski definition) is 5. The summed E-state index contributed by atoms with van der Waals surface area (Å²) in [5.41, 5.74) is 2.60. The molecule has 0 unspecified atom stereocenters. The van der Waals surface area contributed by atoms with Crippen LogP contribution >= 0.6 is 11.3 Å². The van der Waals surface area contributed by atoms with Crippen LogP contribution < -0.4 is 5.32 Å². The summed E-state index contributed by atoms with van der Waals surface area (Å²) >= 11 is 1.45. The molecule has 0 bridgehead atoms. The molecule has 2 rings (SSSR count). The van der Waals surface area contributed by atoms with E-state index in [4.69, 9.17) is 0 Å². The van der Waals surface area contributed by atoms with Gasteiger partial charge in [0.15, 0.2) is 5.13 Å². The van der Waals surface area contributed by atoms with Crippen molar-refractivity contribution in [1.29, 1.82) is 0 Å². The Morgan fingerprint density at radius 1 is 1.04 bits per heavy atom. The van der Waals surface area contributed by atoms with E-state index in [1.807, 2.05) is 45.0 Å². The van der Waals surface area contributed by atoms with Gasteiger partial charge in [-0.2, -0.15) is 0 Å². The van der Waals surface area contributed by atoms with Gasteiger partial charge in [-0.3, -0.25) is 9.59 Å². The molecule has 28 heavy (non-hydrogen) atoms. The van der Waals surface area contributed by atoms with Gasteiger partial charge in [-0.25, -0.2) is 4.98 Å². The van der Waals surface area contributed by atoms with Gasteiger partial charge in [0.25, 0.3) is 5.91 Å². The Hall–Kier alpha value is -2.25. The van der Waals surface area contributed by atoms with Crippen LogP contribution in [0.15, 0.2) is 24.3 Å². The minimum absolute atomic E-state index is 0.00561. The van der Waals surface area contributed by atoms with Gasteiger partial charge in [-0.15, -0.1) is 11.3 Å². The number of carbonyl (C=O) groups is 2. The number of nitrogens with one attached hydrogen (secondary N) is 1. The fraction of sp³-hybridized carbons (Fsp3) is 0.476. The van der Waals surface area contributed by atoms with Crippen LogP contribution in [0, 0.1) is 20.8 Å². The summed E-state index contributed by atoms with van der Waals surface area (Å²) in [6, 6.07) is 7.45. The molecule has 0 saturated heterocycles. The molecule has 1 N–H and O–H groups in total. The normalized spacial score (nSPS) is 10.9. The zero-order valence-corrected chi connectivity index (χ0v) is 18.2. The molecule has 0 aliphatic heterocycles. The second-order valence-corrected chi connectivity index (χ2v) is 8.03. The van der Waals surface area contributed by atoms with E-state index in [9.17, 15) is 9.59 Å². The molecule has 0 spiro atoms. The van der Waals surface area contributed by atoms with Gasteiger partial charge in [-0.1, -0.05) is 31.5 Å². The number of aromatic nitrogens is 1. The van der Waals surface area contributed by atoms with E-state index >= 15 is 0 Å². The average molecular weight is 403 g/mol. The number of amides is 2. The zero-order chi connectivity index (χ0) is 20.7. The molecule has 0 fully saturated rings. The summed E-state index contributed by atoms with van der Waals surface area (Å²) in [5.74, 6) is -0.359.